The monoisotopic (exact) mass is 219 g/mol. The lowest BCUT2D eigenvalue weighted by Crippen LogP contribution is -2.46. The molecule has 0 radical (unpaired) electrons. The van der Waals surface area contributed by atoms with Crippen LogP contribution in [0.1, 0.15) is 11.7 Å². The second-order valence-corrected chi connectivity index (χ2v) is 4.55. The van der Waals surface area contributed by atoms with Gasteiger partial charge in [0.2, 0.25) is 0 Å². The van der Waals surface area contributed by atoms with Crippen molar-refractivity contribution in [1.29, 1.82) is 0 Å². The lowest BCUT2D eigenvalue weighted by atomic mass is 10.1. The Labute approximate surface area is 95.8 Å². The second kappa shape index (κ2) is 4.03. The van der Waals surface area contributed by atoms with Crippen LogP contribution < -0.4 is 4.74 Å². The lowest BCUT2D eigenvalue weighted by Gasteiger charge is -2.35. The number of piperazine rings is 1. The molecule has 0 aromatic carbocycles. The first kappa shape index (κ1) is 10.1. The van der Waals surface area contributed by atoms with E-state index in [2.05, 4.69) is 21.8 Å². The molecule has 4 heteroatoms. The summed E-state index contributed by atoms with van der Waals surface area (Å²) in [5, 5.41) is 0. The second-order valence-electron chi connectivity index (χ2n) is 4.55. The normalized spacial score (nSPS) is 26.4. The fourth-order valence-corrected chi connectivity index (χ4v) is 2.43. The molecule has 3 heterocycles. The van der Waals surface area contributed by atoms with Crippen molar-refractivity contribution in [2.45, 2.75) is 6.04 Å². The number of ether oxygens (including phenoxy) is 1. The zero-order chi connectivity index (χ0) is 11.0. The van der Waals surface area contributed by atoms with Crippen molar-refractivity contribution in [2.75, 3.05) is 39.8 Å². The molecule has 1 atom stereocenters. The first-order valence-corrected chi connectivity index (χ1v) is 5.85. The topological polar surface area (TPSA) is 28.6 Å². The minimum absolute atomic E-state index is 0.366. The molecule has 4 nitrogen and oxygen atoms in total. The average Bonchev–Trinajstić information content (AvgIpc) is 2.74. The molecule has 1 fully saturated rings. The molecule has 0 bridgehead atoms. The van der Waals surface area contributed by atoms with Crippen molar-refractivity contribution >= 4 is 0 Å². The highest BCUT2D eigenvalue weighted by atomic mass is 16.5. The third-order valence-electron chi connectivity index (χ3n) is 3.49. The molecule has 0 N–H and O–H groups in total. The molecule has 0 spiro atoms. The average molecular weight is 219 g/mol. The van der Waals surface area contributed by atoms with Crippen molar-refractivity contribution in [1.82, 2.24) is 14.8 Å². The van der Waals surface area contributed by atoms with Crippen LogP contribution in [0.15, 0.2) is 18.3 Å². The number of pyridine rings is 1. The predicted octanol–water partition coefficient (Wildman–Crippen LogP) is 0.762. The van der Waals surface area contributed by atoms with Crippen LogP contribution in [-0.4, -0.2) is 54.6 Å². The Morgan fingerprint density at radius 1 is 1.31 bits per heavy atom. The van der Waals surface area contributed by atoms with Crippen LogP contribution in [-0.2, 0) is 0 Å². The number of hydrogen-bond donors (Lipinski definition) is 0. The Hall–Kier alpha value is -1.13. The Bertz CT molecular complexity index is 374. The van der Waals surface area contributed by atoms with Gasteiger partial charge >= 0.3 is 0 Å². The predicted molar refractivity (Wildman–Crippen MR) is 61.5 cm³/mol. The fraction of sp³-hybridized carbons (Fsp3) is 0.583. The van der Waals surface area contributed by atoms with Gasteiger partial charge in [-0.3, -0.25) is 9.88 Å². The zero-order valence-electron chi connectivity index (χ0n) is 9.59. The molecule has 0 aliphatic carbocycles. The van der Waals surface area contributed by atoms with Gasteiger partial charge in [-0.05, 0) is 19.2 Å². The highest BCUT2D eigenvalue weighted by Gasteiger charge is 2.31. The van der Waals surface area contributed by atoms with Gasteiger partial charge in [-0.1, -0.05) is 0 Å². The smallest absolute Gasteiger partial charge is 0.142 e. The van der Waals surface area contributed by atoms with Gasteiger partial charge in [-0.25, -0.2) is 0 Å². The van der Waals surface area contributed by atoms with E-state index in [0.29, 0.717) is 6.04 Å². The number of likely N-dealkylation sites (N-methyl/N-ethyl adjacent to an activating group) is 1. The summed E-state index contributed by atoms with van der Waals surface area (Å²) >= 11 is 0. The molecular weight excluding hydrogens is 202 g/mol. The fourth-order valence-electron chi connectivity index (χ4n) is 2.43. The van der Waals surface area contributed by atoms with Crippen molar-refractivity contribution in [2.24, 2.45) is 0 Å². The largest absolute Gasteiger partial charge is 0.490 e. The van der Waals surface area contributed by atoms with E-state index in [1.54, 1.807) is 0 Å². The van der Waals surface area contributed by atoms with Crippen LogP contribution in [0.4, 0.5) is 0 Å². The van der Waals surface area contributed by atoms with Gasteiger partial charge in [0, 0.05) is 32.4 Å². The Kier molecular flexibility index (Phi) is 2.53. The maximum absolute atomic E-state index is 5.67. The van der Waals surface area contributed by atoms with Gasteiger partial charge in [0.25, 0.3) is 0 Å². The van der Waals surface area contributed by atoms with Gasteiger partial charge in [-0.15, -0.1) is 0 Å². The maximum Gasteiger partial charge on any atom is 0.142 e. The third kappa shape index (κ3) is 1.68. The Morgan fingerprint density at radius 2 is 2.12 bits per heavy atom. The first-order valence-electron chi connectivity index (χ1n) is 5.85. The summed E-state index contributed by atoms with van der Waals surface area (Å²) in [7, 11) is 2.18. The van der Waals surface area contributed by atoms with E-state index in [0.717, 1.165) is 44.2 Å². The zero-order valence-corrected chi connectivity index (χ0v) is 9.59. The summed E-state index contributed by atoms with van der Waals surface area (Å²) in [6.45, 7) is 5.26. The number of hydrogen-bond acceptors (Lipinski definition) is 4. The SMILES string of the molecule is CN1CCN(C2COc3cccnc32)CC1. The molecule has 0 amide bonds. The van der Waals surface area contributed by atoms with E-state index < -0.39 is 0 Å². The van der Waals surface area contributed by atoms with Crippen LogP contribution >= 0.6 is 0 Å². The van der Waals surface area contributed by atoms with Gasteiger partial charge < -0.3 is 9.64 Å². The highest BCUT2D eigenvalue weighted by molar-refractivity contribution is 5.33. The summed E-state index contributed by atoms with van der Waals surface area (Å²) < 4.78 is 5.67. The summed E-state index contributed by atoms with van der Waals surface area (Å²) in [6.07, 6.45) is 1.86. The van der Waals surface area contributed by atoms with Crippen molar-refractivity contribution in [3.05, 3.63) is 24.0 Å². The molecular formula is C12H17N3O. The number of fused-ring (bicyclic) bond motifs is 1. The number of aromatic nitrogens is 1. The van der Waals surface area contributed by atoms with E-state index in [1.165, 1.54) is 0 Å². The van der Waals surface area contributed by atoms with Crippen LogP contribution in [0, 0.1) is 0 Å². The number of rotatable bonds is 1. The Balaban J connectivity index is 1.77. The van der Waals surface area contributed by atoms with Gasteiger partial charge in [0.05, 0.1) is 6.04 Å². The molecule has 2 aliphatic heterocycles. The minimum atomic E-state index is 0.366. The molecule has 86 valence electrons. The lowest BCUT2D eigenvalue weighted by molar-refractivity contribution is 0.0964. The van der Waals surface area contributed by atoms with Crippen molar-refractivity contribution < 1.29 is 4.74 Å². The summed E-state index contributed by atoms with van der Waals surface area (Å²) in [5.74, 6) is 0.964. The van der Waals surface area contributed by atoms with E-state index >= 15 is 0 Å². The van der Waals surface area contributed by atoms with Crippen LogP contribution in [0.5, 0.6) is 5.75 Å². The first-order chi connectivity index (χ1) is 7.84. The molecule has 3 rings (SSSR count). The van der Waals surface area contributed by atoms with Crippen molar-refractivity contribution in [3.8, 4) is 5.75 Å². The summed E-state index contributed by atoms with van der Waals surface area (Å²) in [6, 6.07) is 4.31. The molecule has 1 aromatic rings. The van der Waals surface area contributed by atoms with E-state index in [1.807, 2.05) is 18.3 Å². The third-order valence-corrected chi connectivity index (χ3v) is 3.49. The Morgan fingerprint density at radius 3 is 2.94 bits per heavy atom. The number of nitrogens with zero attached hydrogens (tertiary/aromatic N) is 3. The summed E-state index contributed by atoms with van der Waals surface area (Å²) in [4.78, 5) is 9.31. The molecule has 16 heavy (non-hydrogen) atoms. The highest BCUT2D eigenvalue weighted by Crippen LogP contribution is 2.34. The minimum Gasteiger partial charge on any atom is -0.490 e. The van der Waals surface area contributed by atoms with Crippen LogP contribution in [0.3, 0.4) is 0 Å². The van der Waals surface area contributed by atoms with Crippen molar-refractivity contribution in [3.63, 3.8) is 0 Å². The molecule has 1 unspecified atom stereocenters. The van der Waals surface area contributed by atoms with E-state index in [9.17, 15) is 0 Å². The van der Waals surface area contributed by atoms with Crippen LogP contribution in [0.2, 0.25) is 0 Å². The molecule has 1 aromatic heterocycles. The quantitative estimate of drug-likeness (QED) is 0.697. The van der Waals surface area contributed by atoms with Crippen LogP contribution in [0.25, 0.3) is 0 Å². The van der Waals surface area contributed by atoms with Gasteiger partial charge in [0.1, 0.15) is 18.1 Å². The standard InChI is InChI=1S/C12H17N3O/c1-14-5-7-15(8-6-14)10-9-16-11-3-2-4-13-12(10)11/h2-4,10H,5-9H2,1H3. The summed E-state index contributed by atoms with van der Waals surface area (Å²) in [5.41, 5.74) is 1.12. The molecule has 0 saturated carbocycles. The maximum atomic E-state index is 5.67. The van der Waals surface area contributed by atoms with Gasteiger partial charge in [-0.2, -0.15) is 0 Å². The van der Waals surface area contributed by atoms with E-state index in [4.69, 9.17) is 4.74 Å². The molecule has 2 aliphatic rings. The molecule has 1 saturated heterocycles. The van der Waals surface area contributed by atoms with E-state index in [-0.39, 0.29) is 0 Å². The van der Waals surface area contributed by atoms with Gasteiger partial charge in [0.15, 0.2) is 0 Å².